The Bertz CT molecular complexity index is 635. The maximum Gasteiger partial charge on any atom is 0.310 e. The highest BCUT2D eigenvalue weighted by Crippen LogP contribution is 2.44. The van der Waals surface area contributed by atoms with Crippen LogP contribution in [0.3, 0.4) is 0 Å². The van der Waals surface area contributed by atoms with Gasteiger partial charge in [-0.15, -0.1) is 0 Å². The summed E-state index contributed by atoms with van der Waals surface area (Å²) in [6, 6.07) is -0.586. The van der Waals surface area contributed by atoms with Gasteiger partial charge in [-0.1, -0.05) is 32.4 Å². The second-order valence-corrected chi connectivity index (χ2v) is 8.58. The van der Waals surface area contributed by atoms with Crippen molar-refractivity contribution in [3.8, 4) is 0 Å². The maximum atomic E-state index is 13.4. The van der Waals surface area contributed by atoms with Crippen molar-refractivity contribution in [3.05, 3.63) is 12.2 Å². The van der Waals surface area contributed by atoms with Gasteiger partial charge in [0.2, 0.25) is 11.8 Å². The molecule has 1 saturated heterocycles. The fourth-order valence-corrected chi connectivity index (χ4v) is 4.84. The van der Waals surface area contributed by atoms with Gasteiger partial charge in [-0.25, -0.2) is 0 Å². The smallest absolute Gasteiger partial charge is 0.310 e. The molecule has 7 heteroatoms. The number of aliphatic hydroxyl groups excluding tert-OH is 1. The number of esters is 1. The summed E-state index contributed by atoms with van der Waals surface area (Å²) >= 11 is 0. The van der Waals surface area contributed by atoms with Crippen LogP contribution < -0.4 is 5.32 Å². The highest BCUT2D eigenvalue weighted by atomic mass is 16.5. The summed E-state index contributed by atoms with van der Waals surface area (Å²) in [5.41, 5.74) is 0. The normalized spacial score (nSPS) is 28.9. The molecule has 0 aromatic rings. The molecule has 1 aliphatic carbocycles. The minimum atomic E-state index is -0.614. The molecule has 1 fully saturated rings. The number of unbranched alkanes of at least 4 members (excludes halogenated alkanes) is 2. The molecule has 30 heavy (non-hydrogen) atoms. The molecule has 0 bridgehead atoms. The summed E-state index contributed by atoms with van der Waals surface area (Å²) in [5, 5.41) is 12.1. The lowest BCUT2D eigenvalue weighted by atomic mass is 9.70. The molecule has 1 aliphatic heterocycles. The van der Waals surface area contributed by atoms with Gasteiger partial charge >= 0.3 is 5.97 Å². The third-order valence-electron chi connectivity index (χ3n) is 6.27. The van der Waals surface area contributed by atoms with Gasteiger partial charge in [0.15, 0.2) is 0 Å². The maximum absolute atomic E-state index is 13.4. The van der Waals surface area contributed by atoms with E-state index in [1.807, 2.05) is 26.0 Å². The van der Waals surface area contributed by atoms with Crippen LogP contribution in [-0.4, -0.2) is 59.6 Å². The minimum Gasteiger partial charge on any atom is -0.466 e. The van der Waals surface area contributed by atoms with Crippen LogP contribution in [-0.2, 0) is 19.1 Å². The molecule has 0 spiro atoms. The van der Waals surface area contributed by atoms with E-state index in [0.717, 1.165) is 19.3 Å². The van der Waals surface area contributed by atoms with Crippen molar-refractivity contribution < 1.29 is 24.2 Å². The third kappa shape index (κ3) is 5.42. The zero-order valence-corrected chi connectivity index (χ0v) is 18.8. The molecular weight excluding hydrogens is 384 g/mol. The van der Waals surface area contributed by atoms with Gasteiger partial charge in [0.05, 0.1) is 18.4 Å². The molecule has 0 aromatic carbocycles. The second-order valence-electron chi connectivity index (χ2n) is 8.58. The largest absolute Gasteiger partial charge is 0.466 e. The molecular formula is C23H38N2O5. The number of allylic oxidation sites excluding steroid dienone is 1. The molecule has 0 aromatic heterocycles. The number of carbonyl (C=O) groups excluding carboxylic acids is 3. The molecule has 2 N–H and O–H groups in total. The number of amides is 2. The number of likely N-dealkylation sites (tertiary alicyclic amines) is 1. The van der Waals surface area contributed by atoms with Crippen LogP contribution in [0.4, 0.5) is 0 Å². The number of hydrogen-bond donors (Lipinski definition) is 2. The lowest BCUT2D eigenvalue weighted by Crippen LogP contribution is -2.49. The van der Waals surface area contributed by atoms with E-state index in [4.69, 9.17) is 9.84 Å². The summed E-state index contributed by atoms with van der Waals surface area (Å²) in [4.78, 5) is 41.0. The van der Waals surface area contributed by atoms with Crippen LogP contribution in [0.5, 0.6) is 0 Å². The zero-order valence-electron chi connectivity index (χ0n) is 18.8. The van der Waals surface area contributed by atoms with Gasteiger partial charge in [-0.3, -0.25) is 14.4 Å². The van der Waals surface area contributed by atoms with Crippen LogP contribution in [0.2, 0.25) is 0 Å². The number of aliphatic hydroxyl groups is 1. The third-order valence-corrected chi connectivity index (χ3v) is 6.27. The molecule has 0 saturated carbocycles. The van der Waals surface area contributed by atoms with Gasteiger partial charge in [-0.2, -0.15) is 0 Å². The number of hydrogen-bond acceptors (Lipinski definition) is 5. The van der Waals surface area contributed by atoms with Gasteiger partial charge in [0.1, 0.15) is 6.04 Å². The predicted molar refractivity (Wildman–Crippen MR) is 114 cm³/mol. The van der Waals surface area contributed by atoms with Gasteiger partial charge in [0.25, 0.3) is 0 Å². The number of nitrogens with zero attached hydrogens (tertiary/aromatic N) is 1. The molecule has 2 amide bonds. The quantitative estimate of drug-likeness (QED) is 0.303. The Morgan fingerprint density at radius 3 is 2.60 bits per heavy atom. The Morgan fingerprint density at radius 1 is 1.23 bits per heavy atom. The fourth-order valence-electron chi connectivity index (χ4n) is 4.84. The Hall–Kier alpha value is -1.89. The fraction of sp³-hybridized carbons (Fsp3) is 0.783. The number of carbonyl (C=O) groups is 3. The van der Waals surface area contributed by atoms with Crippen LogP contribution in [0.1, 0.15) is 59.8 Å². The molecule has 170 valence electrons. The minimum absolute atomic E-state index is 0.0280. The lowest BCUT2D eigenvalue weighted by molar-refractivity contribution is -0.155. The molecule has 0 radical (unpaired) electrons. The first kappa shape index (κ1) is 24.4. The highest BCUT2D eigenvalue weighted by molar-refractivity contribution is 5.96. The van der Waals surface area contributed by atoms with Crippen molar-refractivity contribution in [2.45, 2.75) is 71.9 Å². The number of ether oxygens (including phenoxy) is 1. The van der Waals surface area contributed by atoms with Gasteiger partial charge in [0, 0.05) is 25.1 Å². The lowest BCUT2D eigenvalue weighted by Gasteiger charge is -2.32. The molecule has 1 heterocycles. The van der Waals surface area contributed by atoms with E-state index in [2.05, 4.69) is 12.2 Å². The van der Waals surface area contributed by atoms with E-state index in [9.17, 15) is 14.4 Å². The first-order chi connectivity index (χ1) is 14.4. The zero-order chi connectivity index (χ0) is 22.3. The topological polar surface area (TPSA) is 95.9 Å². The average Bonchev–Trinajstić information content (AvgIpc) is 2.97. The van der Waals surface area contributed by atoms with Crippen molar-refractivity contribution >= 4 is 17.8 Å². The standard InChI is InChI=1S/C23H38N2O5/c1-5-10-16(4)24-21(27)20-17-12-11-15(3)18(23(29)30-6-2)19(17)22(28)25(20)13-8-7-9-14-26/h11-12,15-20,26H,5-10,13-14H2,1-4H3,(H,24,27)/t15-,16?,17+,18-,19+,20+/m1/s1. The summed E-state index contributed by atoms with van der Waals surface area (Å²) in [5.74, 6) is -2.25. The van der Waals surface area contributed by atoms with Crippen LogP contribution in [0.25, 0.3) is 0 Å². The van der Waals surface area contributed by atoms with E-state index in [1.165, 1.54) is 0 Å². The number of nitrogens with one attached hydrogen (secondary N) is 1. The molecule has 1 unspecified atom stereocenters. The van der Waals surface area contributed by atoms with Crippen molar-refractivity contribution in [1.82, 2.24) is 10.2 Å². The monoisotopic (exact) mass is 422 g/mol. The van der Waals surface area contributed by atoms with Crippen LogP contribution >= 0.6 is 0 Å². The Kier molecular flexibility index (Phi) is 9.34. The summed E-state index contributed by atoms with van der Waals surface area (Å²) in [6.45, 7) is 8.55. The van der Waals surface area contributed by atoms with Gasteiger partial charge in [-0.05, 0) is 45.4 Å². The van der Waals surface area contributed by atoms with Crippen LogP contribution in [0.15, 0.2) is 12.2 Å². The first-order valence-corrected chi connectivity index (χ1v) is 11.4. The van der Waals surface area contributed by atoms with Crippen molar-refractivity contribution in [1.29, 1.82) is 0 Å². The first-order valence-electron chi connectivity index (χ1n) is 11.4. The molecule has 2 rings (SSSR count). The number of rotatable bonds is 11. The van der Waals surface area contributed by atoms with E-state index in [-0.39, 0.29) is 48.9 Å². The molecule has 2 aliphatic rings. The van der Waals surface area contributed by atoms with E-state index < -0.39 is 17.9 Å². The molecule has 7 nitrogen and oxygen atoms in total. The number of fused-ring (bicyclic) bond motifs is 1. The molecule has 6 atom stereocenters. The van der Waals surface area contributed by atoms with Crippen LogP contribution in [0, 0.1) is 23.7 Å². The highest BCUT2D eigenvalue weighted by Gasteiger charge is 2.56. The van der Waals surface area contributed by atoms with Crippen molar-refractivity contribution in [2.75, 3.05) is 19.8 Å². The van der Waals surface area contributed by atoms with Crippen molar-refractivity contribution in [2.24, 2.45) is 23.7 Å². The summed E-state index contributed by atoms with van der Waals surface area (Å²) in [7, 11) is 0. The Balaban J connectivity index is 2.30. The summed E-state index contributed by atoms with van der Waals surface area (Å²) < 4.78 is 5.28. The predicted octanol–water partition coefficient (Wildman–Crippen LogP) is 2.28. The van der Waals surface area contributed by atoms with E-state index in [0.29, 0.717) is 19.4 Å². The van der Waals surface area contributed by atoms with E-state index in [1.54, 1.807) is 11.8 Å². The van der Waals surface area contributed by atoms with Crippen molar-refractivity contribution in [3.63, 3.8) is 0 Å². The second kappa shape index (κ2) is 11.5. The SMILES string of the molecule is CCCC(C)NC(=O)[C@@H]1[C@H]2C=C[C@@H](C)[C@@H](C(=O)OCC)[C@H]2C(=O)N1CCCCCO. The Morgan fingerprint density at radius 2 is 1.97 bits per heavy atom. The summed E-state index contributed by atoms with van der Waals surface area (Å²) in [6.07, 6.45) is 7.89. The van der Waals surface area contributed by atoms with E-state index >= 15 is 0 Å². The van der Waals surface area contributed by atoms with Gasteiger partial charge < -0.3 is 20.1 Å². The average molecular weight is 423 g/mol. The Labute approximate surface area is 180 Å².